The van der Waals surface area contributed by atoms with E-state index in [2.05, 4.69) is 42.8 Å². The van der Waals surface area contributed by atoms with E-state index in [9.17, 15) is 5.11 Å². The first-order valence-corrected chi connectivity index (χ1v) is 7.86. The molecule has 3 nitrogen and oxygen atoms in total. The summed E-state index contributed by atoms with van der Waals surface area (Å²) in [5.41, 5.74) is 1.14. The number of hydrogen-bond donors (Lipinski definition) is 1. The largest absolute Gasteiger partial charge is 0.393 e. The second kappa shape index (κ2) is 6.56. The number of aromatic nitrogens is 2. The Morgan fingerprint density at radius 1 is 1.42 bits per heavy atom. The van der Waals surface area contributed by atoms with Crippen molar-refractivity contribution in [1.29, 1.82) is 0 Å². The van der Waals surface area contributed by atoms with E-state index in [0.717, 1.165) is 37.3 Å². The van der Waals surface area contributed by atoms with Crippen LogP contribution in [0.4, 0.5) is 0 Å². The second-order valence-corrected chi connectivity index (χ2v) is 6.16. The summed E-state index contributed by atoms with van der Waals surface area (Å²) in [5, 5.41) is 14.8. The van der Waals surface area contributed by atoms with E-state index < -0.39 is 0 Å². The lowest BCUT2D eigenvalue weighted by atomic mass is 9.76. The summed E-state index contributed by atoms with van der Waals surface area (Å²) in [6, 6.07) is 2.59. The third-order valence-corrected chi connectivity index (χ3v) is 4.81. The van der Waals surface area contributed by atoms with Gasteiger partial charge in [0.1, 0.15) is 0 Å². The standard InChI is InChI=1S/C16H28N2O/c1-4-12(3)18-9-8-15(17-18)11-14-10-13(5-2)6-7-16(14)19/h8-9,12-14,16,19H,4-7,10-11H2,1-3H3. The first-order chi connectivity index (χ1) is 9.13. The van der Waals surface area contributed by atoms with E-state index >= 15 is 0 Å². The molecule has 4 atom stereocenters. The molecule has 0 spiro atoms. The zero-order valence-corrected chi connectivity index (χ0v) is 12.5. The van der Waals surface area contributed by atoms with Crippen molar-refractivity contribution in [3.05, 3.63) is 18.0 Å². The van der Waals surface area contributed by atoms with Gasteiger partial charge in [0.2, 0.25) is 0 Å². The first kappa shape index (κ1) is 14.6. The van der Waals surface area contributed by atoms with Crippen LogP contribution < -0.4 is 0 Å². The molecular weight excluding hydrogens is 236 g/mol. The minimum Gasteiger partial charge on any atom is -0.393 e. The summed E-state index contributed by atoms with van der Waals surface area (Å²) < 4.78 is 2.06. The van der Waals surface area contributed by atoms with Gasteiger partial charge in [0, 0.05) is 12.2 Å². The van der Waals surface area contributed by atoms with Crippen molar-refractivity contribution in [1.82, 2.24) is 9.78 Å². The highest BCUT2D eigenvalue weighted by atomic mass is 16.3. The topological polar surface area (TPSA) is 38.0 Å². The number of aliphatic hydroxyl groups excluding tert-OH is 1. The molecule has 1 N–H and O–H groups in total. The average Bonchev–Trinajstić information content (AvgIpc) is 2.89. The van der Waals surface area contributed by atoms with Crippen molar-refractivity contribution < 1.29 is 5.11 Å². The van der Waals surface area contributed by atoms with Gasteiger partial charge >= 0.3 is 0 Å². The predicted octanol–water partition coefficient (Wildman–Crippen LogP) is 3.58. The molecule has 0 aliphatic heterocycles. The molecule has 1 aromatic rings. The van der Waals surface area contributed by atoms with Gasteiger partial charge in [-0.05, 0) is 56.9 Å². The zero-order chi connectivity index (χ0) is 13.8. The minimum absolute atomic E-state index is 0.128. The highest BCUT2D eigenvalue weighted by Crippen LogP contribution is 2.33. The summed E-state index contributed by atoms with van der Waals surface area (Å²) in [5.74, 6) is 1.20. The van der Waals surface area contributed by atoms with Crippen molar-refractivity contribution in [2.45, 2.75) is 71.4 Å². The Morgan fingerprint density at radius 2 is 2.21 bits per heavy atom. The minimum atomic E-state index is -0.128. The molecule has 108 valence electrons. The fourth-order valence-corrected chi connectivity index (χ4v) is 3.12. The number of nitrogens with zero attached hydrogens (tertiary/aromatic N) is 2. The molecule has 1 aromatic heterocycles. The van der Waals surface area contributed by atoms with Crippen molar-refractivity contribution in [2.75, 3.05) is 0 Å². The van der Waals surface area contributed by atoms with E-state index in [4.69, 9.17) is 0 Å². The van der Waals surface area contributed by atoms with E-state index in [1.165, 1.54) is 12.8 Å². The lowest BCUT2D eigenvalue weighted by Crippen LogP contribution is -2.30. The Bertz CT molecular complexity index is 388. The molecule has 1 saturated carbocycles. The SMILES string of the molecule is CCC1CCC(O)C(Cc2ccn(C(C)CC)n2)C1. The molecular formula is C16H28N2O. The van der Waals surface area contributed by atoms with Gasteiger partial charge in [0.15, 0.2) is 0 Å². The van der Waals surface area contributed by atoms with E-state index in [1.807, 2.05) is 0 Å². The van der Waals surface area contributed by atoms with Gasteiger partial charge in [-0.25, -0.2) is 0 Å². The maximum absolute atomic E-state index is 10.2. The monoisotopic (exact) mass is 264 g/mol. The third-order valence-electron chi connectivity index (χ3n) is 4.81. The molecule has 0 amide bonds. The zero-order valence-electron chi connectivity index (χ0n) is 12.5. The Balaban J connectivity index is 1.97. The van der Waals surface area contributed by atoms with Crippen molar-refractivity contribution in [3.63, 3.8) is 0 Å². The Morgan fingerprint density at radius 3 is 2.89 bits per heavy atom. The number of hydrogen-bond acceptors (Lipinski definition) is 2. The van der Waals surface area contributed by atoms with Gasteiger partial charge in [-0.1, -0.05) is 20.3 Å². The fourth-order valence-electron chi connectivity index (χ4n) is 3.12. The van der Waals surface area contributed by atoms with Crippen LogP contribution >= 0.6 is 0 Å². The quantitative estimate of drug-likeness (QED) is 0.882. The van der Waals surface area contributed by atoms with Crippen LogP contribution in [0.2, 0.25) is 0 Å². The van der Waals surface area contributed by atoms with Gasteiger partial charge in [0.25, 0.3) is 0 Å². The predicted molar refractivity (Wildman–Crippen MR) is 78.1 cm³/mol. The summed E-state index contributed by atoms with van der Waals surface area (Å²) in [6.07, 6.45) is 8.54. The van der Waals surface area contributed by atoms with Gasteiger partial charge < -0.3 is 5.11 Å². The molecule has 3 heteroatoms. The maximum Gasteiger partial charge on any atom is 0.0628 e. The smallest absolute Gasteiger partial charge is 0.0628 e. The lowest BCUT2D eigenvalue weighted by Gasteiger charge is -2.32. The van der Waals surface area contributed by atoms with E-state index in [1.54, 1.807) is 0 Å². The first-order valence-electron chi connectivity index (χ1n) is 7.86. The van der Waals surface area contributed by atoms with Crippen molar-refractivity contribution >= 4 is 0 Å². The van der Waals surface area contributed by atoms with Crippen LogP contribution in [0.1, 0.15) is 64.6 Å². The highest BCUT2D eigenvalue weighted by Gasteiger charge is 2.28. The third kappa shape index (κ3) is 3.59. The van der Waals surface area contributed by atoms with Gasteiger partial charge in [-0.2, -0.15) is 5.10 Å². The number of aliphatic hydroxyl groups is 1. The van der Waals surface area contributed by atoms with Crippen LogP contribution in [0.25, 0.3) is 0 Å². The van der Waals surface area contributed by atoms with Gasteiger partial charge in [-0.3, -0.25) is 4.68 Å². The number of rotatable bonds is 5. The molecule has 0 bridgehead atoms. The van der Waals surface area contributed by atoms with Crippen molar-refractivity contribution in [3.8, 4) is 0 Å². The van der Waals surface area contributed by atoms with E-state index in [0.29, 0.717) is 12.0 Å². The van der Waals surface area contributed by atoms with Gasteiger partial charge in [-0.15, -0.1) is 0 Å². The summed E-state index contributed by atoms with van der Waals surface area (Å²) in [7, 11) is 0. The molecule has 1 aliphatic rings. The average molecular weight is 264 g/mol. The van der Waals surface area contributed by atoms with Crippen LogP contribution in [-0.2, 0) is 6.42 Å². The lowest BCUT2D eigenvalue weighted by molar-refractivity contribution is 0.0469. The molecule has 2 rings (SSSR count). The van der Waals surface area contributed by atoms with Crippen LogP contribution in [0.3, 0.4) is 0 Å². The highest BCUT2D eigenvalue weighted by molar-refractivity contribution is 5.02. The molecule has 0 saturated heterocycles. The van der Waals surface area contributed by atoms with Crippen LogP contribution in [0.15, 0.2) is 12.3 Å². The fraction of sp³-hybridized carbons (Fsp3) is 0.812. The summed E-state index contributed by atoms with van der Waals surface area (Å²) in [6.45, 7) is 6.64. The summed E-state index contributed by atoms with van der Waals surface area (Å²) in [4.78, 5) is 0. The van der Waals surface area contributed by atoms with E-state index in [-0.39, 0.29) is 6.10 Å². The molecule has 0 aromatic carbocycles. The second-order valence-electron chi connectivity index (χ2n) is 6.16. The van der Waals surface area contributed by atoms with Gasteiger partial charge in [0.05, 0.1) is 11.8 Å². The van der Waals surface area contributed by atoms with Crippen LogP contribution in [0.5, 0.6) is 0 Å². The Labute approximate surface area is 117 Å². The Kier molecular flexibility index (Phi) is 5.03. The normalized spacial score (nSPS) is 29.4. The van der Waals surface area contributed by atoms with Crippen molar-refractivity contribution in [2.24, 2.45) is 11.8 Å². The Hall–Kier alpha value is -0.830. The molecule has 1 heterocycles. The maximum atomic E-state index is 10.2. The molecule has 0 radical (unpaired) electrons. The van der Waals surface area contributed by atoms with Crippen LogP contribution in [0, 0.1) is 11.8 Å². The molecule has 4 unspecified atom stereocenters. The molecule has 19 heavy (non-hydrogen) atoms. The summed E-state index contributed by atoms with van der Waals surface area (Å²) >= 11 is 0. The molecule has 1 fully saturated rings. The van der Waals surface area contributed by atoms with Crippen LogP contribution in [-0.4, -0.2) is 21.0 Å². The molecule has 1 aliphatic carbocycles.